The van der Waals surface area contributed by atoms with Crippen LogP contribution in [0.15, 0.2) is 24.8 Å². The molecule has 0 radical (unpaired) electrons. The molecule has 8 heteroatoms. The van der Waals surface area contributed by atoms with Crippen LogP contribution in [-0.4, -0.2) is 34.8 Å². The Hall–Kier alpha value is -1.79. The van der Waals surface area contributed by atoms with Crippen LogP contribution in [0.3, 0.4) is 0 Å². The van der Waals surface area contributed by atoms with Gasteiger partial charge in [0.1, 0.15) is 23.0 Å². The number of aliphatic carboxylic acids is 1. The number of nitrogens with zero attached hydrogens (tertiary/aromatic N) is 1. The summed E-state index contributed by atoms with van der Waals surface area (Å²) >= 11 is 11.4. The van der Waals surface area contributed by atoms with Gasteiger partial charge in [-0.05, 0) is 17.7 Å². The first-order valence-electron chi connectivity index (χ1n) is 5.51. The molecule has 1 heterocycles. The van der Waals surface area contributed by atoms with Crippen molar-refractivity contribution in [3.05, 3.63) is 40.7 Å². The van der Waals surface area contributed by atoms with Gasteiger partial charge in [-0.1, -0.05) is 35.9 Å². The van der Waals surface area contributed by atoms with Gasteiger partial charge in [0.25, 0.3) is 0 Å². The van der Waals surface area contributed by atoms with Crippen molar-refractivity contribution in [2.45, 2.75) is 12.5 Å². The van der Waals surface area contributed by atoms with E-state index in [0.29, 0.717) is 5.56 Å². The summed E-state index contributed by atoms with van der Waals surface area (Å²) in [5.41, 5.74) is 0.534. The van der Waals surface area contributed by atoms with E-state index in [9.17, 15) is 9.59 Å². The van der Waals surface area contributed by atoms with Crippen molar-refractivity contribution in [3.63, 3.8) is 0 Å². The fourth-order valence-electron chi connectivity index (χ4n) is 1.39. The molecule has 0 fully saturated rings. The van der Waals surface area contributed by atoms with Crippen LogP contribution < -0.4 is 5.32 Å². The van der Waals surface area contributed by atoms with Gasteiger partial charge in [0.15, 0.2) is 0 Å². The number of nitrogens with one attached hydrogen (secondary N) is 1. The van der Waals surface area contributed by atoms with Gasteiger partial charge in [-0.3, -0.25) is 0 Å². The summed E-state index contributed by atoms with van der Waals surface area (Å²) in [5.74, 6) is -1.20. The summed E-state index contributed by atoms with van der Waals surface area (Å²) in [4.78, 5) is 26.2. The largest absolute Gasteiger partial charge is 0.480 e. The third kappa shape index (κ3) is 5.46. The van der Waals surface area contributed by atoms with Crippen LogP contribution in [-0.2, 0) is 16.0 Å². The maximum absolute atomic E-state index is 11.3. The van der Waals surface area contributed by atoms with Crippen molar-refractivity contribution < 1.29 is 19.4 Å². The Balaban J connectivity index is 2.74. The zero-order valence-electron chi connectivity index (χ0n) is 10.3. The molecular weight excluding hydrogens is 307 g/mol. The van der Waals surface area contributed by atoms with Crippen LogP contribution >= 0.6 is 23.2 Å². The van der Waals surface area contributed by atoms with E-state index in [1.165, 1.54) is 18.2 Å². The lowest BCUT2D eigenvalue weighted by Crippen LogP contribution is -2.42. The zero-order valence-corrected chi connectivity index (χ0v) is 11.8. The van der Waals surface area contributed by atoms with Crippen LogP contribution in [0.2, 0.25) is 10.3 Å². The molecule has 0 aliphatic heterocycles. The Bertz CT molecular complexity index is 502. The highest BCUT2D eigenvalue weighted by atomic mass is 35.5. The van der Waals surface area contributed by atoms with Crippen LogP contribution in [0.4, 0.5) is 4.79 Å². The summed E-state index contributed by atoms with van der Waals surface area (Å²) in [6, 6.07) is 1.78. The smallest absolute Gasteiger partial charge is 0.408 e. The highest BCUT2D eigenvalue weighted by Crippen LogP contribution is 2.16. The number of rotatable bonds is 6. The average Bonchev–Trinajstić information content (AvgIpc) is 2.34. The highest BCUT2D eigenvalue weighted by Gasteiger charge is 2.21. The second kappa shape index (κ2) is 7.72. The van der Waals surface area contributed by atoms with Crippen molar-refractivity contribution in [1.29, 1.82) is 0 Å². The maximum Gasteiger partial charge on any atom is 0.408 e. The number of amides is 1. The summed E-state index contributed by atoms with van der Waals surface area (Å²) < 4.78 is 4.66. The first-order valence-corrected chi connectivity index (χ1v) is 6.27. The summed E-state index contributed by atoms with van der Waals surface area (Å²) in [5, 5.41) is 11.6. The SMILES string of the molecule is C=CCOC(=O)NC(Cc1cc(Cl)nc(Cl)c1)C(=O)O. The van der Waals surface area contributed by atoms with E-state index in [1.807, 2.05) is 0 Å². The topological polar surface area (TPSA) is 88.5 Å². The number of hydrogen-bond donors (Lipinski definition) is 2. The molecule has 0 aliphatic carbocycles. The Kier molecular flexibility index (Phi) is 6.27. The molecule has 1 atom stereocenters. The lowest BCUT2D eigenvalue weighted by Gasteiger charge is -2.14. The van der Waals surface area contributed by atoms with Crippen LogP contribution in [0.1, 0.15) is 5.56 Å². The number of aromatic nitrogens is 1. The molecule has 0 aliphatic rings. The van der Waals surface area contributed by atoms with Gasteiger partial charge in [-0.15, -0.1) is 0 Å². The molecule has 0 bridgehead atoms. The van der Waals surface area contributed by atoms with Crippen LogP contribution in [0.5, 0.6) is 0 Å². The van der Waals surface area contributed by atoms with E-state index in [0.717, 1.165) is 0 Å². The monoisotopic (exact) mass is 318 g/mol. The fraction of sp³-hybridized carbons (Fsp3) is 0.250. The summed E-state index contributed by atoms with van der Waals surface area (Å²) in [6.07, 6.45) is 0.529. The van der Waals surface area contributed by atoms with Crippen molar-refractivity contribution in [1.82, 2.24) is 10.3 Å². The van der Waals surface area contributed by atoms with E-state index in [4.69, 9.17) is 28.3 Å². The molecule has 20 heavy (non-hydrogen) atoms. The molecule has 1 aromatic heterocycles. The van der Waals surface area contributed by atoms with Gasteiger partial charge in [0.05, 0.1) is 0 Å². The van der Waals surface area contributed by atoms with Crippen LogP contribution in [0, 0.1) is 0 Å². The number of ether oxygens (including phenoxy) is 1. The van der Waals surface area contributed by atoms with Gasteiger partial charge in [-0.25, -0.2) is 14.6 Å². The zero-order chi connectivity index (χ0) is 15.1. The Morgan fingerprint density at radius 3 is 2.55 bits per heavy atom. The minimum absolute atomic E-state index is 0.000479. The highest BCUT2D eigenvalue weighted by molar-refractivity contribution is 6.32. The lowest BCUT2D eigenvalue weighted by atomic mass is 10.1. The molecule has 1 amide bonds. The van der Waals surface area contributed by atoms with E-state index in [-0.39, 0.29) is 23.3 Å². The Morgan fingerprint density at radius 2 is 2.05 bits per heavy atom. The minimum atomic E-state index is -1.20. The Morgan fingerprint density at radius 1 is 1.45 bits per heavy atom. The molecule has 0 spiro atoms. The third-order valence-electron chi connectivity index (χ3n) is 2.18. The first kappa shape index (κ1) is 16.3. The molecule has 1 unspecified atom stereocenters. The van der Waals surface area contributed by atoms with Crippen LogP contribution in [0.25, 0.3) is 0 Å². The predicted molar refractivity (Wildman–Crippen MR) is 74.1 cm³/mol. The first-order chi connectivity index (χ1) is 9.42. The number of halogens is 2. The normalized spacial score (nSPS) is 11.5. The molecule has 0 saturated carbocycles. The van der Waals surface area contributed by atoms with Crippen molar-refractivity contribution >= 4 is 35.3 Å². The predicted octanol–water partition coefficient (Wildman–Crippen LogP) is 2.30. The number of carboxylic acid groups (broad SMARTS) is 1. The molecule has 6 nitrogen and oxygen atoms in total. The molecule has 0 saturated heterocycles. The number of carbonyl (C=O) groups is 2. The van der Waals surface area contributed by atoms with Gasteiger partial charge in [0, 0.05) is 6.42 Å². The summed E-state index contributed by atoms with van der Waals surface area (Å²) in [7, 11) is 0. The number of carbonyl (C=O) groups excluding carboxylic acids is 1. The van der Waals surface area contributed by atoms with E-state index < -0.39 is 18.1 Å². The van der Waals surface area contributed by atoms with Gasteiger partial charge >= 0.3 is 12.1 Å². The minimum Gasteiger partial charge on any atom is -0.480 e. The quantitative estimate of drug-likeness (QED) is 0.620. The molecule has 108 valence electrons. The molecule has 2 N–H and O–H groups in total. The number of carboxylic acids is 1. The van der Waals surface area contributed by atoms with Crippen molar-refractivity contribution in [3.8, 4) is 0 Å². The molecule has 0 aromatic carbocycles. The third-order valence-corrected chi connectivity index (χ3v) is 2.57. The van der Waals surface area contributed by atoms with Crippen molar-refractivity contribution in [2.75, 3.05) is 6.61 Å². The number of pyridine rings is 1. The summed E-state index contributed by atoms with van der Waals surface area (Å²) in [6.45, 7) is 3.37. The van der Waals surface area contributed by atoms with E-state index >= 15 is 0 Å². The molecule has 1 aromatic rings. The maximum atomic E-state index is 11.3. The van der Waals surface area contributed by atoms with Gasteiger partial charge in [-0.2, -0.15) is 0 Å². The average molecular weight is 319 g/mol. The van der Waals surface area contributed by atoms with Crippen molar-refractivity contribution in [2.24, 2.45) is 0 Å². The van der Waals surface area contributed by atoms with E-state index in [1.54, 1.807) is 0 Å². The lowest BCUT2D eigenvalue weighted by molar-refractivity contribution is -0.139. The van der Waals surface area contributed by atoms with Gasteiger partial charge < -0.3 is 15.2 Å². The number of hydrogen-bond acceptors (Lipinski definition) is 4. The standard InChI is InChI=1S/C12H12Cl2N2O4/c1-2-3-20-12(19)15-8(11(17)18)4-7-5-9(13)16-10(14)6-7/h2,5-6,8H,1,3-4H2,(H,15,19)(H,17,18). The van der Waals surface area contributed by atoms with Gasteiger partial charge in [0.2, 0.25) is 0 Å². The second-order valence-electron chi connectivity index (χ2n) is 3.75. The van der Waals surface area contributed by atoms with E-state index in [2.05, 4.69) is 21.6 Å². The molecule has 1 rings (SSSR count). The second-order valence-corrected chi connectivity index (χ2v) is 4.52. The fourth-order valence-corrected chi connectivity index (χ4v) is 1.89. The molecular formula is C12H12Cl2N2O4. The Labute approximate surface area is 125 Å². The number of alkyl carbamates (subject to hydrolysis) is 1.